The lowest BCUT2D eigenvalue weighted by atomic mass is 9.63. The van der Waals surface area contributed by atoms with Gasteiger partial charge in [0.2, 0.25) is 0 Å². The first-order valence-electron chi connectivity index (χ1n) is 12.3. The van der Waals surface area contributed by atoms with Crippen molar-refractivity contribution in [3.05, 3.63) is 128 Å². The fourth-order valence-electron chi connectivity index (χ4n) is 6.22. The van der Waals surface area contributed by atoms with Crippen LogP contribution in [0.15, 0.2) is 72.8 Å². The summed E-state index contributed by atoms with van der Waals surface area (Å²) >= 11 is 0. The number of carboxylic acids is 4. The highest BCUT2D eigenvalue weighted by molar-refractivity contribution is 6.18. The van der Waals surface area contributed by atoms with Gasteiger partial charge in [-0.05, 0) is 51.6 Å². The van der Waals surface area contributed by atoms with Crippen molar-refractivity contribution < 1.29 is 53.9 Å². The molecule has 0 saturated carbocycles. The number of aromatic carboxylic acids is 4. The standard InChI is InChI=1S/C31H16O11/c32-25(33)15-6-3-9-19(21(15)27(36)37)31(20-10-4-7-16(26(34)35)22(20)28(38)39)18-8-2-1-5-13(18)14-11-12-17-23(24(14)31)30(41)42-29(17)40/h1-12H,(H,32,33)(H,34,35)(H,36,37)(H,38,39). The number of rotatable bonds is 6. The quantitative estimate of drug-likeness (QED) is 0.171. The lowest BCUT2D eigenvalue weighted by molar-refractivity contribution is 0.0441. The molecule has 0 unspecified atom stereocenters. The van der Waals surface area contributed by atoms with E-state index in [2.05, 4.69) is 0 Å². The van der Waals surface area contributed by atoms with Crippen LogP contribution in [0.5, 0.6) is 0 Å². The summed E-state index contributed by atoms with van der Waals surface area (Å²) in [6.07, 6.45) is 0. The van der Waals surface area contributed by atoms with Crippen LogP contribution in [-0.4, -0.2) is 56.2 Å². The molecule has 206 valence electrons. The van der Waals surface area contributed by atoms with Gasteiger partial charge in [-0.25, -0.2) is 28.8 Å². The third kappa shape index (κ3) is 3.27. The fourth-order valence-corrected chi connectivity index (χ4v) is 6.22. The summed E-state index contributed by atoms with van der Waals surface area (Å²) in [5.74, 6) is -8.61. The largest absolute Gasteiger partial charge is 0.478 e. The van der Waals surface area contributed by atoms with Crippen LogP contribution >= 0.6 is 0 Å². The Balaban J connectivity index is 1.97. The van der Waals surface area contributed by atoms with Gasteiger partial charge in [-0.1, -0.05) is 54.6 Å². The molecule has 42 heavy (non-hydrogen) atoms. The molecular formula is C31H16O11. The molecule has 4 N–H and O–H groups in total. The van der Waals surface area contributed by atoms with Crippen molar-refractivity contribution in [2.75, 3.05) is 0 Å². The van der Waals surface area contributed by atoms with Crippen LogP contribution in [-0.2, 0) is 10.2 Å². The summed E-state index contributed by atoms with van der Waals surface area (Å²) in [4.78, 5) is 76.1. The molecular weight excluding hydrogens is 548 g/mol. The van der Waals surface area contributed by atoms with E-state index in [0.717, 1.165) is 12.1 Å². The molecule has 4 aromatic rings. The molecule has 1 aliphatic carbocycles. The molecule has 11 nitrogen and oxygen atoms in total. The average molecular weight is 564 g/mol. The molecule has 0 aromatic heterocycles. The van der Waals surface area contributed by atoms with Crippen LogP contribution in [0.4, 0.5) is 0 Å². The number of benzene rings is 4. The molecule has 6 rings (SSSR count). The second-order valence-corrected chi connectivity index (χ2v) is 9.56. The van der Waals surface area contributed by atoms with Gasteiger partial charge in [-0.3, -0.25) is 0 Å². The van der Waals surface area contributed by atoms with Gasteiger partial charge in [0.1, 0.15) is 0 Å². The van der Waals surface area contributed by atoms with Crippen molar-refractivity contribution in [1.29, 1.82) is 0 Å². The van der Waals surface area contributed by atoms with E-state index >= 15 is 0 Å². The normalized spacial score (nSPS) is 14.0. The number of fused-ring (bicyclic) bond motifs is 5. The highest BCUT2D eigenvalue weighted by Gasteiger charge is 2.54. The maximum atomic E-state index is 13.3. The van der Waals surface area contributed by atoms with E-state index < -0.39 is 63.5 Å². The summed E-state index contributed by atoms with van der Waals surface area (Å²) < 4.78 is 4.90. The molecule has 0 bridgehead atoms. The Bertz CT molecular complexity index is 1890. The molecule has 1 heterocycles. The van der Waals surface area contributed by atoms with Crippen LogP contribution in [0.25, 0.3) is 11.1 Å². The summed E-state index contributed by atoms with van der Waals surface area (Å²) in [5.41, 5.74) is -4.87. The second kappa shape index (κ2) is 8.96. The van der Waals surface area contributed by atoms with Gasteiger partial charge in [-0.15, -0.1) is 0 Å². The minimum Gasteiger partial charge on any atom is -0.478 e. The van der Waals surface area contributed by atoms with Crippen molar-refractivity contribution >= 4 is 35.8 Å². The number of hydrogen-bond acceptors (Lipinski definition) is 7. The third-order valence-corrected chi connectivity index (χ3v) is 7.64. The predicted octanol–water partition coefficient (Wildman–Crippen LogP) is 4.15. The summed E-state index contributed by atoms with van der Waals surface area (Å²) in [5, 5.41) is 40.7. The van der Waals surface area contributed by atoms with E-state index in [9.17, 15) is 49.2 Å². The molecule has 0 atom stereocenters. The minimum atomic E-state index is -2.11. The first-order chi connectivity index (χ1) is 20.0. The smallest absolute Gasteiger partial charge is 0.347 e. The van der Waals surface area contributed by atoms with Gasteiger partial charge in [0.05, 0.1) is 38.8 Å². The molecule has 1 aliphatic heterocycles. The van der Waals surface area contributed by atoms with Gasteiger partial charge < -0.3 is 25.2 Å². The van der Waals surface area contributed by atoms with E-state index in [-0.39, 0.29) is 33.4 Å². The highest BCUT2D eigenvalue weighted by atomic mass is 16.6. The van der Waals surface area contributed by atoms with Crippen LogP contribution in [0.3, 0.4) is 0 Å². The molecule has 2 aliphatic rings. The Morgan fingerprint density at radius 2 is 1.02 bits per heavy atom. The Kier molecular flexibility index (Phi) is 5.58. The van der Waals surface area contributed by atoms with Crippen LogP contribution < -0.4 is 0 Å². The molecule has 0 fully saturated rings. The monoisotopic (exact) mass is 564 g/mol. The van der Waals surface area contributed by atoms with Crippen molar-refractivity contribution in [2.45, 2.75) is 5.41 Å². The Labute approximate surface area is 234 Å². The Hall–Kier alpha value is -6.10. The zero-order chi connectivity index (χ0) is 30.1. The summed E-state index contributed by atoms with van der Waals surface area (Å²) in [6, 6.07) is 16.5. The molecule has 0 spiro atoms. The molecule has 4 aromatic carbocycles. The SMILES string of the molecule is O=C(O)c1cccc(C2(c3cccc(C(=O)O)c3C(=O)O)c3ccccc3-c3ccc4c(c32)C(=O)OC4=O)c1C(=O)O. The number of carbonyl (C=O) groups is 6. The number of carbonyl (C=O) groups excluding carboxylic acids is 2. The van der Waals surface area contributed by atoms with Crippen molar-refractivity contribution in [3.8, 4) is 11.1 Å². The fraction of sp³-hybridized carbons (Fsp3) is 0.0323. The van der Waals surface area contributed by atoms with Crippen LogP contribution in [0.2, 0.25) is 0 Å². The molecule has 11 heteroatoms. The minimum absolute atomic E-state index is 0.0351. The van der Waals surface area contributed by atoms with Gasteiger partial charge in [0, 0.05) is 0 Å². The first kappa shape index (κ1) is 26.1. The topological polar surface area (TPSA) is 193 Å². The summed E-state index contributed by atoms with van der Waals surface area (Å²) in [7, 11) is 0. The summed E-state index contributed by atoms with van der Waals surface area (Å²) in [6.45, 7) is 0. The number of cyclic esters (lactones) is 2. The van der Waals surface area contributed by atoms with Gasteiger partial charge in [0.15, 0.2) is 0 Å². The van der Waals surface area contributed by atoms with Crippen LogP contribution in [0, 0.1) is 0 Å². The molecule has 0 saturated heterocycles. The number of esters is 2. The highest BCUT2D eigenvalue weighted by Crippen LogP contribution is 2.59. The van der Waals surface area contributed by atoms with Gasteiger partial charge in [-0.2, -0.15) is 0 Å². The zero-order valence-electron chi connectivity index (χ0n) is 21.1. The Morgan fingerprint density at radius 1 is 0.524 bits per heavy atom. The van der Waals surface area contributed by atoms with E-state index in [1.54, 1.807) is 24.3 Å². The number of ether oxygens (including phenoxy) is 1. The number of carboxylic acid groups (broad SMARTS) is 4. The molecule has 0 amide bonds. The van der Waals surface area contributed by atoms with Crippen molar-refractivity contribution in [2.24, 2.45) is 0 Å². The van der Waals surface area contributed by atoms with Crippen molar-refractivity contribution in [3.63, 3.8) is 0 Å². The van der Waals surface area contributed by atoms with Crippen LogP contribution in [0.1, 0.15) is 84.4 Å². The molecule has 0 radical (unpaired) electrons. The maximum absolute atomic E-state index is 13.3. The predicted molar refractivity (Wildman–Crippen MR) is 141 cm³/mol. The zero-order valence-corrected chi connectivity index (χ0v) is 21.1. The lowest BCUT2D eigenvalue weighted by Gasteiger charge is -2.36. The van der Waals surface area contributed by atoms with Crippen molar-refractivity contribution in [1.82, 2.24) is 0 Å². The second-order valence-electron chi connectivity index (χ2n) is 9.56. The maximum Gasteiger partial charge on any atom is 0.347 e. The Morgan fingerprint density at radius 3 is 1.55 bits per heavy atom. The van der Waals surface area contributed by atoms with Gasteiger partial charge in [0.25, 0.3) is 0 Å². The lowest BCUT2D eigenvalue weighted by Crippen LogP contribution is -2.35. The van der Waals surface area contributed by atoms with E-state index in [0.29, 0.717) is 11.1 Å². The number of hydrogen-bond donors (Lipinski definition) is 4. The third-order valence-electron chi connectivity index (χ3n) is 7.64. The van der Waals surface area contributed by atoms with Gasteiger partial charge >= 0.3 is 35.8 Å². The van der Waals surface area contributed by atoms with E-state index in [1.807, 2.05) is 0 Å². The van der Waals surface area contributed by atoms with E-state index in [1.165, 1.54) is 36.4 Å². The van der Waals surface area contributed by atoms with E-state index in [4.69, 9.17) is 4.74 Å². The average Bonchev–Trinajstić information content (AvgIpc) is 3.42. The first-order valence-corrected chi connectivity index (χ1v) is 12.3.